The second kappa shape index (κ2) is 6.84. The highest BCUT2D eigenvalue weighted by molar-refractivity contribution is 5.93. The number of nitrogens with two attached hydrogens (primary N) is 1. The van der Waals surface area contributed by atoms with Crippen LogP contribution in [0.15, 0.2) is 34.9 Å². The molecule has 0 unspecified atom stereocenters. The number of nitrogens with one attached hydrogen (secondary N) is 1. The molecule has 3 N–H and O–H groups in total. The van der Waals surface area contributed by atoms with Gasteiger partial charge in [0.15, 0.2) is 0 Å². The number of hydrogen-bond donors (Lipinski definition) is 2. The van der Waals surface area contributed by atoms with Crippen molar-refractivity contribution in [1.82, 2.24) is 15.1 Å². The van der Waals surface area contributed by atoms with Crippen LogP contribution in [0.1, 0.15) is 28.2 Å². The Hall–Kier alpha value is -2.80. The summed E-state index contributed by atoms with van der Waals surface area (Å²) in [6.07, 6.45) is 3.42. The second-order valence-corrected chi connectivity index (χ2v) is 6.70. The molecule has 4 rings (SSSR count). The molecule has 1 atom stereocenters. The topological polar surface area (TPSA) is 95.3 Å². The zero-order valence-corrected chi connectivity index (χ0v) is 14.7. The Morgan fingerprint density at radius 2 is 2.35 bits per heavy atom. The fourth-order valence-electron chi connectivity index (χ4n) is 3.57. The van der Waals surface area contributed by atoms with Gasteiger partial charge >= 0.3 is 0 Å². The van der Waals surface area contributed by atoms with Crippen LogP contribution in [-0.4, -0.2) is 29.3 Å². The standard InChI is InChI=1S/C19H22N4O3/c1-25-14-3-5-18-13(6-14)7-15(26-18)9-21-8-12-2-4-17-16(19(20)24)10-22-23(17)11-12/h3,5-7,10,12,21H,2,4,8-9,11H2,1H3,(H2,20,24)/t12-/m0/s1. The Morgan fingerprint density at radius 1 is 1.46 bits per heavy atom. The van der Waals surface area contributed by atoms with Crippen LogP contribution >= 0.6 is 0 Å². The van der Waals surface area contributed by atoms with Crippen LogP contribution in [0, 0.1) is 5.92 Å². The summed E-state index contributed by atoms with van der Waals surface area (Å²) in [5.41, 5.74) is 7.76. The minimum atomic E-state index is -0.399. The molecule has 7 heteroatoms. The molecule has 0 fully saturated rings. The number of fused-ring (bicyclic) bond motifs is 2. The summed E-state index contributed by atoms with van der Waals surface area (Å²) < 4.78 is 13.0. The molecular formula is C19H22N4O3. The molecule has 26 heavy (non-hydrogen) atoms. The summed E-state index contributed by atoms with van der Waals surface area (Å²) in [6.45, 7) is 2.34. The highest BCUT2D eigenvalue weighted by Gasteiger charge is 2.23. The third-order valence-corrected chi connectivity index (χ3v) is 4.94. The van der Waals surface area contributed by atoms with Crippen LogP contribution in [0.5, 0.6) is 5.75 Å². The highest BCUT2D eigenvalue weighted by atomic mass is 16.5. The smallest absolute Gasteiger partial charge is 0.252 e. The molecule has 0 spiro atoms. The van der Waals surface area contributed by atoms with Gasteiger partial charge in [0.05, 0.1) is 31.1 Å². The summed E-state index contributed by atoms with van der Waals surface area (Å²) in [7, 11) is 1.66. The van der Waals surface area contributed by atoms with Gasteiger partial charge in [-0.25, -0.2) is 0 Å². The zero-order chi connectivity index (χ0) is 18.1. The lowest BCUT2D eigenvalue weighted by Gasteiger charge is -2.24. The average molecular weight is 354 g/mol. The van der Waals surface area contributed by atoms with E-state index in [0.29, 0.717) is 18.0 Å². The van der Waals surface area contributed by atoms with Crippen molar-refractivity contribution in [2.24, 2.45) is 11.7 Å². The molecule has 2 aromatic heterocycles. The summed E-state index contributed by atoms with van der Waals surface area (Å²) >= 11 is 0. The molecule has 0 saturated heterocycles. The lowest BCUT2D eigenvalue weighted by Crippen LogP contribution is -2.30. The molecule has 0 saturated carbocycles. The Balaban J connectivity index is 1.34. The van der Waals surface area contributed by atoms with Crippen LogP contribution in [0.25, 0.3) is 11.0 Å². The highest BCUT2D eigenvalue weighted by Crippen LogP contribution is 2.25. The Labute approximate surface area is 151 Å². The largest absolute Gasteiger partial charge is 0.497 e. The zero-order valence-electron chi connectivity index (χ0n) is 14.7. The van der Waals surface area contributed by atoms with Crippen LogP contribution < -0.4 is 15.8 Å². The van der Waals surface area contributed by atoms with Crippen molar-refractivity contribution in [2.75, 3.05) is 13.7 Å². The number of aromatic nitrogens is 2. The normalized spacial score (nSPS) is 16.6. The quantitative estimate of drug-likeness (QED) is 0.707. The van der Waals surface area contributed by atoms with Gasteiger partial charge in [0.1, 0.15) is 17.1 Å². The molecule has 3 aromatic rings. The van der Waals surface area contributed by atoms with Crippen molar-refractivity contribution in [2.45, 2.75) is 25.9 Å². The SMILES string of the molecule is COc1ccc2oc(CNC[C@@H]3CCc4c(C(N)=O)cnn4C3)cc2c1. The monoisotopic (exact) mass is 354 g/mol. The van der Waals surface area contributed by atoms with Crippen molar-refractivity contribution >= 4 is 16.9 Å². The third-order valence-electron chi connectivity index (χ3n) is 4.94. The molecule has 7 nitrogen and oxygen atoms in total. The van der Waals surface area contributed by atoms with Gasteiger partial charge in [-0.15, -0.1) is 0 Å². The number of furan rings is 1. The number of hydrogen-bond acceptors (Lipinski definition) is 5. The first-order chi connectivity index (χ1) is 12.6. The number of methoxy groups -OCH3 is 1. The van der Waals surface area contributed by atoms with E-state index in [2.05, 4.69) is 10.4 Å². The summed E-state index contributed by atoms with van der Waals surface area (Å²) in [5.74, 6) is 1.79. The van der Waals surface area contributed by atoms with Gasteiger partial charge in [0.2, 0.25) is 0 Å². The number of primary amides is 1. The van der Waals surface area contributed by atoms with Gasteiger partial charge in [-0.05, 0) is 43.0 Å². The number of nitrogens with zero attached hydrogens (tertiary/aromatic N) is 2. The van der Waals surface area contributed by atoms with Gasteiger partial charge in [0, 0.05) is 18.5 Å². The molecule has 1 aliphatic heterocycles. The van der Waals surface area contributed by atoms with Crippen molar-refractivity contribution in [3.63, 3.8) is 0 Å². The van der Waals surface area contributed by atoms with Crippen LogP contribution in [-0.2, 0) is 19.5 Å². The van der Waals surface area contributed by atoms with E-state index in [1.807, 2.05) is 28.9 Å². The van der Waals surface area contributed by atoms with Crippen LogP contribution in [0.4, 0.5) is 0 Å². The lowest BCUT2D eigenvalue weighted by atomic mass is 9.96. The predicted octanol–water partition coefficient (Wildman–Crippen LogP) is 2.09. The fourth-order valence-corrected chi connectivity index (χ4v) is 3.57. The minimum absolute atomic E-state index is 0.399. The van der Waals surface area contributed by atoms with Gasteiger partial charge in [0.25, 0.3) is 5.91 Å². The summed E-state index contributed by atoms with van der Waals surface area (Å²) in [4.78, 5) is 11.4. The molecule has 0 aliphatic carbocycles. The van der Waals surface area contributed by atoms with Crippen LogP contribution in [0.3, 0.4) is 0 Å². The van der Waals surface area contributed by atoms with E-state index in [-0.39, 0.29) is 0 Å². The van der Waals surface area contributed by atoms with Crippen molar-refractivity contribution in [3.8, 4) is 5.75 Å². The first-order valence-corrected chi connectivity index (χ1v) is 8.75. The van der Waals surface area contributed by atoms with Crippen molar-refractivity contribution in [1.29, 1.82) is 0 Å². The van der Waals surface area contributed by atoms with E-state index in [1.165, 1.54) is 0 Å². The molecular weight excluding hydrogens is 332 g/mol. The first kappa shape index (κ1) is 16.7. The van der Waals surface area contributed by atoms with E-state index in [9.17, 15) is 4.79 Å². The van der Waals surface area contributed by atoms with Crippen molar-refractivity contribution in [3.05, 3.63) is 47.5 Å². The fraction of sp³-hybridized carbons (Fsp3) is 0.368. The number of rotatable bonds is 6. The maximum absolute atomic E-state index is 11.4. The lowest BCUT2D eigenvalue weighted by molar-refractivity contribution is 0.0998. The van der Waals surface area contributed by atoms with E-state index in [0.717, 1.165) is 54.1 Å². The molecule has 136 valence electrons. The molecule has 1 amide bonds. The Kier molecular flexibility index (Phi) is 4.38. The Morgan fingerprint density at radius 3 is 3.15 bits per heavy atom. The number of benzene rings is 1. The molecule has 1 aliphatic rings. The maximum Gasteiger partial charge on any atom is 0.252 e. The first-order valence-electron chi connectivity index (χ1n) is 8.75. The van der Waals surface area contributed by atoms with Gasteiger partial charge < -0.3 is 20.2 Å². The minimum Gasteiger partial charge on any atom is -0.497 e. The van der Waals surface area contributed by atoms with E-state index < -0.39 is 5.91 Å². The summed E-state index contributed by atoms with van der Waals surface area (Å²) in [5, 5.41) is 8.80. The summed E-state index contributed by atoms with van der Waals surface area (Å²) in [6, 6.07) is 7.83. The number of amides is 1. The number of carbonyl (C=O) groups excluding carboxylic acids is 1. The van der Waals surface area contributed by atoms with Crippen molar-refractivity contribution < 1.29 is 13.9 Å². The van der Waals surface area contributed by atoms with E-state index in [4.69, 9.17) is 14.9 Å². The van der Waals surface area contributed by atoms with E-state index >= 15 is 0 Å². The second-order valence-electron chi connectivity index (χ2n) is 6.70. The number of carbonyl (C=O) groups is 1. The van der Waals surface area contributed by atoms with Gasteiger partial charge in [-0.1, -0.05) is 0 Å². The van der Waals surface area contributed by atoms with E-state index in [1.54, 1.807) is 13.3 Å². The average Bonchev–Trinajstić information content (AvgIpc) is 3.24. The molecule has 0 radical (unpaired) electrons. The maximum atomic E-state index is 11.4. The van der Waals surface area contributed by atoms with Gasteiger partial charge in [-0.3, -0.25) is 9.48 Å². The third kappa shape index (κ3) is 3.17. The molecule has 3 heterocycles. The molecule has 0 bridgehead atoms. The predicted molar refractivity (Wildman–Crippen MR) is 97.0 cm³/mol. The molecule has 1 aromatic carbocycles. The Bertz CT molecular complexity index is 944. The van der Waals surface area contributed by atoms with Crippen LogP contribution in [0.2, 0.25) is 0 Å². The van der Waals surface area contributed by atoms with Gasteiger partial charge in [-0.2, -0.15) is 5.10 Å². The number of ether oxygens (including phenoxy) is 1.